The number of ether oxygens (including phenoxy) is 2. The van der Waals surface area contributed by atoms with E-state index >= 15 is 0 Å². The quantitative estimate of drug-likeness (QED) is 0.382. The molecule has 3 aromatic rings. The topological polar surface area (TPSA) is 135 Å². The maximum Gasteiger partial charge on any atom is 0.409 e. The second kappa shape index (κ2) is 12.2. The van der Waals surface area contributed by atoms with Gasteiger partial charge in [-0.1, -0.05) is 17.3 Å². The molecule has 2 aromatic heterocycles. The number of aromatic nitrogens is 3. The first-order valence-electron chi connectivity index (χ1n) is 12.8. The number of nitrogens with one attached hydrogen (secondary N) is 2. The highest BCUT2D eigenvalue weighted by molar-refractivity contribution is 5.74. The number of amides is 1. The summed E-state index contributed by atoms with van der Waals surface area (Å²) in [5.74, 6) is 2.55. The summed E-state index contributed by atoms with van der Waals surface area (Å²) in [4.78, 5) is 23.5. The Balaban J connectivity index is 1.66. The van der Waals surface area contributed by atoms with Gasteiger partial charge < -0.3 is 34.6 Å². The van der Waals surface area contributed by atoms with Gasteiger partial charge in [-0.15, -0.1) is 0 Å². The molecular formula is C27H36N6O5. The van der Waals surface area contributed by atoms with Crippen molar-refractivity contribution >= 4 is 11.9 Å². The van der Waals surface area contributed by atoms with Gasteiger partial charge in [0.1, 0.15) is 30.0 Å². The summed E-state index contributed by atoms with van der Waals surface area (Å²) >= 11 is 0. The first kappa shape index (κ1) is 27.3. The number of hydrogen-bond donors (Lipinski definition) is 3. The van der Waals surface area contributed by atoms with E-state index in [9.17, 15) is 9.90 Å². The van der Waals surface area contributed by atoms with Crippen LogP contribution < -0.4 is 15.4 Å². The molecule has 1 fully saturated rings. The van der Waals surface area contributed by atoms with Gasteiger partial charge in [-0.3, -0.25) is 0 Å². The maximum atomic E-state index is 11.9. The molecule has 1 atom stereocenters. The first-order chi connectivity index (χ1) is 18.3. The van der Waals surface area contributed by atoms with Crippen molar-refractivity contribution in [2.75, 3.05) is 45.7 Å². The molecule has 38 heavy (non-hydrogen) atoms. The Morgan fingerprint density at radius 1 is 1.24 bits per heavy atom. The Labute approximate surface area is 222 Å². The van der Waals surface area contributed by atoms with Crippen LogP contribution in [0, 0.1) is 20.8 Å². The van der Waals surface area contributed by atoms with E-state index in [1.54, 1.807) is 11.9 Å². The number of aliphatic hydroxyl groups is 1. The summed E-state index contributed by atoms with van der Waals surface area (Å²) in [5.41, 5.74) is 4.01. The van der Waals surface area contributed by atoms with E-state index in [0.717, 1.165) is 46.7 Å². The molecule has 0 aliphatic carbocycles. The van der Waals surface area contributed by atoms with E-state index in [1.807, 2.05) is 45.0 Å². The minimum absolute atomic E-state index is 0.137. The molecule has 11 heteroatoms. The molecule has 204 valence electrons. The number of piperidine rings is 1. The fourth-order valence-electron chi connectivity index (χ4n) is 4.59. The second-order valence-corrected chi connectivity index (χ2v) is 9.49. The summed E-state index contributed by atoms with van der Waals surface area (Å²) < 4.78 is 16.1. The van der Waals surface area contributed by atoms with Gasteiger partial charge >= 0.3 is 6.09 Å². The van der Waals surface area contributed by atoms with Crippen LogP contribution in [0.2, 0.25) is 0 Å². The summed E-state index contributed by atoms with van der Waals surface area (Å²) in [6.45, 7) is 7.58. The van der Waals surface area contributed by atoms with Gasteiger partial charge in [-0.25, -0.2) is 14.8 Å². The van der Waals surface area contributed by atoms with Crippen molar-refractivity contribution in [1.82, 2.24) is 25.3 Å². The molecule has 1 aromatic carbocycles. The predicted octanol–water partition coefficient (Wildman–Crippen LogP) is 3.33. The molecule has 0 spiro atoms. The highest BCUT2D eigenvalue weighted by atomic mass is 16.5. The van der Waals surface area contributed by atoms with E-state index in [-0.39, 0.29) is 18.7 Å². The highest BCUT2D eigenvalue weighted by Gasteiger charge is 2.26. The molecule has 3 heterocycles. The molecule has 0 bridgehead atoms. The number of benzene rings is 1. The molecule has 1 amide bonds. The number of aryl methyl sites for hydroxylation is 2. The lowest BCUT2D eigenvalue weighted by Gasteiger charge is -2.32. The van der Waals surface area contributed by atoms with Crippen molar-refractivity contribution in [2.24, 2.45) is 0 Å². The van der Waals surface area contributed by atoms with Crippen molar-refractivity contribution in [3.63, 3.8) is 0 Å². The van der Waals surface area contributed by atoms with Crippen LogP contribution in [0.1, 0.15) is 29.9 Å². The van der Waals surface area contributed by atoms with E-state index in [1.165, 1.54) is 7.11 Å². The molecule has 1 saturated heterocycles. The van der Waals surface area contributed by atoms with Crippen molar-refractivity contribution in [3.05, 3.63) is 41.3 Å². The normalized spacial score (nSPS) is 14.8. The molecule has 1 aliphatic heterocycles. The third-order valence-corrected chi connectivity index (χ3v) is 6.66. The van der Waals surface area contributed by atoms with Crippen molar-refractivity contribution < 1.29 is 23.9 Å². The fraction of sp³-hybridized carbons (Fsp3) is 0.481. The van der Waals surface area contributed by atoms with Gasteiger partial charge in [-0.2, -0.15) is 0 Å². The van der Waals surface area contributed by atoms with Gasteiger partial charge in [0.15, 0.2) is 5.82 Å². The zero-order valence-electron chi connectivity index (χ0n) is 22.6. The number of hydrogen-bond acceptors (Lipinski definition) is 10. The van der Waals surface area contributed by atoms with Crippen molar-refractivity contribution in [3.8, 4) is 28.4 Å². The number of rotatable bonds is 9. The lowest BCUT2D eigenvalue weighted by molar-refractivity contribution is 0.108. The van der Waals surface area contributed by atoms with Gasteiger partial charge in [0, 0.05) is 36.8 Å². The largest absolute Gasteiger partial charge is 0.491 e. The monoisotopic (exact) mass is 524 g/mol. The Kier molecular flexibility index (Phi) is 8.80. The average molecular weight is 525 g/mol. The average Bonchev–Trinajstić information content (AvgIpc) is 3.26. The third-order valence-electron chi connectivity index (χ3n) is 6.66. The van der Waals surface area contributed by atoms with Gasteiger partial charge in [0.25, 0.3) is 0 Å². The zero-order valence-corrected chi connectivity index (χ0v) is 22.6. The Morgan fingerprint density at radius 3 is 2.66 bits per heavy atom. The maximum absolute atomic E-state index is 11.9. The molecule has 0 saturated carbocycles. The Morgan fingerprint density at radius 2 is 2.00 bits per heavy atom. The molecular weight excluding hydrogens is 488 g/mol. The van der Waals surface area contributed by atoms with Crippen LogP contribution in [0.4, 0.5) is 10.6 Å². The van der Waals surface area contributed by atoms with Crippen LogP contribution in [-0.2, 0) is 4.74 Å². The van der Waals surface area contributed by atoms with Crippen molar-refractivity contribution in [1.29, 1.82) is 0 Å². The molecule has 11 nitrogen and oxygen atoms in total. The van der Waals surface area contributed by atoms with Crippen LogP contribution in [0.15, 0.2) is 28.8 Å². The second-order valence-electron chi connectivity index (χ2n) is 9.49. The number of carbonyl (C=O) groups excluding carboxylic acids is 1. The van der Waals surface area contributed by atoms with Crippen LogP contribution in [0.5, 0.6) is 5.75 Å². The predicted molar refractivity (Wildman–Crippen MR) is 143 cm³/mol. The first-order valence-corrected chi connectivity index (χ1v) is 12.8. The van der Waals surface area contributed by atoms with Crippen LogP contribution in [0.3, 0.4) is 0 Å². The molecule has 0 radical (unpaired) electrons. The number of aliphatic hydroxyl groups excluding tert-OH is 1. The molecule has 1 aliphatic rings. The van der Waals surface area contributed by atoms with Crippen LogP contribution >= 0.6 is 0 Å². The summed E-state index contributed by atoms with van der Waals surface area (Å²) in [6, 6.07) is 7.65. The van der Waals surface area contributed by atoms with E-state index in [0.29, 0.717) is 37.0 Å². The van der Waals surface area contributed by atoms with Gasteiger partial charge in [0.05, 0.1) is 24.1 Å². The molecule has 4 rings (SSSR count). The van der Waals surface area contributed by atoms with Crippen LogP contribution in [0.25, 0.3) is 22.6 Å². The Bertz CT molecular complexity index is 1240. The SMILES string of the molecule is CNCC(O)COc1cccc(-c2nc(NC3CCN(C(=O)OC)CC3)c(C)c(-c3c(C)noc3C)n2)c1. The third kappa shape index (κ3) is 6.22. The molecule has 1 unspecified atom stereocenters. The lowest BCUT2D eigenvalue weighted by atomic mass is 10.0. The van der Waals surface area contributed by atoms with Crippen molar-refractivity contribution in [2.45, 2.75) is 45.8 Å². The summed E-state index contributed by atoms with van der Waals surface area (Å²) in [7, 11) is 3.18. The standard InChI is InChI=1S/C27H36N6O5/c1-16-24(23-17(2)32-38-18(23)3)30-26(19-7-6-8-22(13-19)37-15-21(34)14-28-4)31-25(16)29-20-9-11-33(12-10-20)27(35)36-5/h6-8,13,20-21,28,34H,9-12,14-15H2,1-5H3,(H,29,30,31). The fourth-order valence-corrected chi connectivity index (χ4v) is 4.59. The van der Waals surface area contributed by atoms with Gasteiger partial charge in [0.2, 0.25) is 0 Å². The molecule has 3 N–H and O–H groups in total. The number of anilines is 1. The number of nitrogens with zero attached hydrogens (tertiary/aromatic N) is 4. The van der Waals surface area contributed by atoms with Gasteiger partial charge in [-0.05, 0) is 52.8 Å². The highest BCUT2D eigenvalue weighted by Crippen LogP contribution is 2.34. The zero-order chi connectivity index (χ0) is 27.2. The van der Waals surface area contributed by atoms with Crippen LogP contribution in [-0.4, -0.2) is 83.8 Å². The minimum Gasteiger partial charge on any atom is -0.491 e. The number of likely N-dealkylation sites (tertiary alicyclic amines) is 1. The summed E-state index contributed by atoms with van der Waals surface area (Å²) in [6.07, 6.45) is 0.622. The number of likely N-dealkylation sites (N-methyl/N-ethyl adjacent to an activating group) is 1. The number of carbonyl (C=O) groups is 1. The smallest absolute Gasteiger partial charge is 0.409 e. The van der Waals surface area contributed by atoms with E-state index in [4.69, 9.17) is 24.0 Å². The summed E-state index contributed by atoms with van der Waals surface area (Å²) in [5, 5.41) is 20.7. The lowest BCUT2D eigenvalue weighted by Crippen LogP contribution is -2.42. The van der Waals surface area contributed by atoms with E-state index in [2.05, 4.69) is 15.8 Å². The number of methoxy groups -OCH3 is 1. The minimum atomic E-state index is -0.619. The van der Waals surface area contributed by atoms with E-state index < -0.39 is 6.10 Å². The Hall–Kier alpha value is -3.70.